The highest BCUT2D eigenvalue weighted by Gasteiger charge is 2.38. The molecule has 1 aromatic heterocycles. The van der Waals surface area contributed by atoms with Crippen molar-refractivity contribution < 1.29 is 14.6 Å². The average Bonchev–Trinajstić information content (AvgIpc) is 3.30. The predicted molar refractivity (Wildman–Crippen MR) is 90.6 cm³/mol. The highest BCUT2D eigenvalue weighted by atomic mass is 35.5. The third-order valence-corrected chi connectivity index (χ3v) is 5.20. The third kappa shape index (κ3) is 2.94. The Labute approximate surface area is 150 Å². The van der Waals surface area contributed by atoms with Gasteiger partial charge in [0.25, 0.3) is 0 Å². The lowest BCUT2D eigenvalue weighted by atomic mass is 9.81. The number of nitriles is 1. The van der Waals surface area contributed by atoms with Gasteiger partial charge in [0, 0.05) is 12.3 Å². The molecule has 1 aromatic carbocycles. The summed E-state index contributed by atoms with van der Waals surface area (Å²) in [6, 6.07) is 7.41. The van der Waals surface area contributed by atoms with Gasteiger partial charge in [0.1, 0.15) is 6.07 Å². The van der Waals surface area contributed by atoms with E-state index in [9.17, 15) is 5.11 Å². The summed E-state index contributed by atoms with van der Waals surface area (Å²) in [5.74, 6) is 0.151. The van der Waals surface area contributed by atoms with Crippen LogP contribution in [0.25, 0.3) is 5.69 Å². The Morgan fingerprint density at radius 2 is 2.16 bits per heavy atom. The van der Waals surface area contributed by atoms with Gasteiger partial charge in [0.2, 0.25) is 0 Å². The second-order valence-electron chi connectivity index (χ2n) is 6.43. The molecule has 2 aromatic rings. The monoisotopic (exact) mass is 359 g/mol. The Morgan fingerprint density at radius 1 is 1.36 bits per heavy atom. The molecule has 0 spiro atoms. The Morgan fingerprint density at radius 3 is 2.84 bits per heavy atom. The number of hydrogen-bond donors (Lipinski definition) is 1. The van der Waals surface area contributed by atoms with Gasteiger partial charge in [-0.1, -0.05) is 11.6 Å². The number of halogens is 1. The third-order valence-electron chi connectivity index (χ3n) is 4.89. The number of nitrogens with zero attached hydrogens (tertiary/aromatic N) is 3. The van der Waals surface area contributed by atoms with Crippen LogP contribution < -0.4 is 0 Å². The van der Waals surface area contributed by atoms with Crippen molar-refractivity contribution in [2.24, 2.45) is 5.92 Å². The number of imidazole rings is 1. The fourth-order valence-corrected chi connectivity index (χ4v) is 3.93. The first kappa shape index (κ1) is 16.6. The van der Waals surface area contributed by atoms with Crippen LogP contribution in [0.5, 0.6) is 0 Å². The van der Waals surface area contributed by atoms with Crippen LogP contribution in [0.2, 0.25) is 5.02 Å². The molecular weight excluding hydrogens is 342 g/mol. The van der Waals surface area contributed by atoms with Crippen molar-refractivity contribution in [3.63, 3.8) is 0 Å². The first-order valence-electron chi connectivity index (χ1n) is 8.31. The zero-order valence-corrected chi connectivity index (χ0v) is 14.3. The van der Waals surface area contributed by atoms with Crippen molar-refractivity contribution in [3.05, 3.63) is 46.5 Å². The molecule has 1 aliphatic carbocycles. The van der Waals surface area contributed by atoms with Crippen LogP contribution in [-0.2, 0) is 15.9 Å². The molecule has 6 nitrogen and oxygen atoms in total. The maximum Gasteiger partial charge on any atom is 0.166 e. The molecule has 1 N–H and O–H groups in total. The van der Waals surface area contributed by atoms with Crippen LogP contribution in [-0.4, -0.2) is 40.8 Å². The highest BCUT2D eigenvalue weighted by Crippen LogP contribution is 2.40. The molecule has 25 heavy (non-hydrogen) atoms. The lowest BCUT2D eigenvalue weighted by molar-refractivity contribution is -0.0702. The molecule has 4 rings (SSSR count). The number of ether oxygens (including phenoxy) is 2. The highest BCUT2D eigenvalue weighted by molar-refractivity contribution is 6.31. The minimum absolute atomic E-state index is 0.000295. The number of benzene rings is 1. The number of fused-ring (bicyclic) bond motifs is 1. The van der Waals surface area contributed by atoms with Gasteiger partial charge in [0.15, 0.2) is 6.29 Å². The van der Waals surface area contributed by atoms with E-state index in [1.165, 1.54) is 0 Å². The van der Waals surface area contributed by atoms with E-state index < -0.39 is 0 Å². The molecule has 2 unspecified atom stereocenters. The second-order valence-corrected chi connectivity index (χ2v) is 6.83. The van der Waals surface area contributed by atoms with Gasteiger partial charge < -0.3 is 19.1 Å². The van der Waals surface area contributed by atoms with Gasteiger partial charge in [0.05, 0.1) is 47.4 Å². The predicted octanol–water partition coefficient (Wildman–Crippen LogP) is 2.41. The summed E-state index contributed by atoms with van der Waals surface area (Å²) in [7, 11) is 0. The molecule has 130 valence electrons. The molecule has 0 radical (unpaired) electrons. The number of aromatic nitrogens is 2. The summed E-state index contributed by atoms with van der Waals surface area (Å²) in [6.45, 7) is 1.28. The minimum atomic E-state index is -0.322. The summed E-state index contributed by atoms with van der Waals surface area (Å²) in [4.78, 5) is 4.56. The minimum Gasteiger partial charge on any atom is -0.396 e. The van der Waals surface area contributed by atoms with Crippen LogP contribution in [0, 0.1) is 17.2 Å². The van der Waals surface area contributed by atoms with E-state index in [2.05, 4.69) is 11.1 Å². The summed E-state index contributed by atoms with van der Waals surface area (Å²) in [5, 5.41) is 19.1. The van der Waals surface area contributed by atoms with Crippen LogP contribution in [0.1, 0.15) is 29.3 Å². The second kappa shape index (κ2) is 6.77. The molecule has 1 aliphatic heterocycles. The molecule has 1 fully saturated rings. The van der Waals surface area contributed by atoms with Crippen molar-refractivity contribution in [2.45, 2.75) is 25.0 Å². The van der Waals surface area contributed by atoms with E-state index in [4.69, 9.17) is 26.3 Å². The maximum atomic E-state index is 9.63. The van der Waals surface area contributed by atoms with Crippen molar-refractivity contribution in [1.82, 2.24) is 9.55 Å². The Bertz CT molecular complexity index is 823. The standard InChI is InChI=1S/C18H18ClN3O3/c19-15-7-13(2-1-12(15)8-20)22-10-21-16-6-11(9-23)5-14(17(16)22)18-24-3-4-25-18/h1-2,7,10-11,14,18,23H,3-6,9H2. The summed E-state index contributed by atoms with van der Waals surface area (Å²) < 4.78 is 13.5. The van der Waals surface area contributed by atoms with Crippen LogP contribution >= 0.6 is 11.6 Å². The molecule has 2 heterocycles. The zero-order chi connectivity index (χ0) is 17.4. The van der Waals surface area contributed by atoms with Crippen molar-refractivity contribution >= 4 is 11.6 Å². The van der Waals surface area contributed by atoms with Gasteiger partial charge in [-0.2, -0.15) is 5.26 Å². The quantitative estimate of drug-likeness (QED) is 0.910. The lowest BCUT2D eigenvalue weighted by Gasteiger charge is -2.32. The fourth-order valence-electron chi connectivity index (χ4n) is 3.71. The van der Waals surface area contributed by atoms with E-state index in [-0.39, 0.29) is 24.7 Å². The van der Waals surface area contributed by atoms with Crippen LogP contribution in [0.4, 0.5) is 0 Å². The molecule has 1 saturated heterocycles. The van der Waals surface area contributed by atoms with Crippen LogP contribution in [0.15, 0.2) is 24.5 Å². The topological polar surface area (TPSA) is 80.3 Å². The van der Waals surface area contributed by atoms with Gasteiger partial charge in [-0.25, -0.2) is 4.98 Å². The Kier molecular flexibility index (Phi) is 4.48. The Hall–Kier alpha value is -1.91. The van der Waals surface area contributed by atoms with E-state index in [1.807, 2.05) is 10.6 Å². The first-order chi connectivity index (χ1) is 12.2. The van der Waals surface area contributed by atoms with Crippen molar-refractivity contribution in [3.8, 4) is 11.8 Å². The van der Waals surface area contributed by atoms with Crippen molar-refractivity contribution in [2.75, 3.05) is 19.8 Å². The smallest absolute Gasteiger partial charge is 0.166 e. The van der Waals surface area contributed by atoms with E-state index in [0.29, 0.717) is 23.8 Å². The van der Waals surface area contributed by atoms with Crippen LogP contribution in [0.3, 0.4) is 0 Å². The first-order valence-corrected chi connectivity index (χ1v) is 8.69. The van der Waals surface area contributed by atoms with E-state index in [1.54, 1.807) is 18.5 Å². The lowest BCUT2D eigenvalue weighted by Crippen LogP contribution is -2.31. The zero-order valence-electron chi connectivity index (χ0n) is 13.6. The van der Waals surface area contributed by atoms with E-state index >= 15 is 0 Å². The summed E-state index contributed by atoms with van der Waals surface area (Å²) >= 11 is 6.20. The molecule has 0 saturated carbocycles. The van der Waals surface area contributed by atoms with Gasteiger partial charge in [-0.3, -0.25) is 0 Å². The van der Waals surface area contributed by atoms with Gasteiger partial charge >= 0.3 is 0 Å². The SMILES string of the molecule is N#Cc1ccc(-n2cnc3c2C(C2OCCO2)CC(CO)C3)cc1Cl. The van der Waals surface area contributed by atoms with Gasteiger partial charge in [-0.05, 0) is 37.0 Å². The number of aliphatic hydroxyl groups excluding tert-OH is 1. The van der Waals surface area contributed by atoms with E-state index in [0.717, 1.165) is 29.9 Å². The number of hydrogen-bond acceptors (Lipinski definition) is 5. The molecule has 7 heteroatoms. The maximum absolute atomic E-state index is 9.63. The molecule has 2 aliphatic rings. The normalized spacial score (nSPS) is 23.4. The number of aliphatic hydroxyl groups is 1. The van der Waals surface area contributed by atoms with Gasteiger partial charge in [-0.15, -0.1) is 0 Å². The fraction of sp³-hybridized carbons (Fsp3) is 0.444. The molecule has 0 bridgehead atoms. The van der Waals surface area contributed by atoms with Crippen molar-refractivity contribution in [1.29, 1.82) is 5.26 Å². The average molecular weight is 360 g/mol. The largest absolute Gasteiger partial charge is 0.396 e. The Balaban J connectivity index is 1.78. The molecule has 2 atom stereocenters. The molecular formula is C18H18ClN3O3. The summed E-state index contributed by atoms with van der Waals surface area (Å²) in [5.41, 5.74) is 3.29. The molecule has 0 amide bonds. The number of rotatable bonds is 3. The summed E-state index contributed by atoms with van der Waals surface area (Å²) in [6.07, 6.45) is 2.96.